The number of anilines is 1. The summed E-state index contributed by atoms with van der Waals surface area (Å²) >= 11 is 0. The summed E-state index contributed by atoms with van der Waals surface area (Å²) in [4.78, 5) is 12.6. The van der Waals surface area contributed by atoms with Crippen molar-refractivity contribution in [2.45, 2.75) is 46.1 Å². The fourth-order valence-corrected chi connectivity index (χ4v) is 5.02. The van der Waals surface area contributed by atoms with E-state index in [2.05, 4.69) is 24.4 Å². The third kappa shape index (κ3) is 6.26. The number of carbonyl (C=O) groups excluding carboxylic acids is 1. The number of benzene rings is 3. The van der Waals surface area contributed by atoms with Crippen LogP contribution in [-0.4, -0.2) is 27.1 Å². The number of amides is 1. The highest BCUT2D eigenvalue weighted by Gasteiger charge is 2.23. The van der Waals surface area contributed by atoms with E-state index in [1.165, 1.54) is 16.1 Å². The van der Waals surface area contributed by atoms with Crippen LogP contribution in [0.4, 0.5) is 5.69 Å². The van der Waals surface area contributed by atoms with Crippen molar-refractivity contribution in [3.63, 3.8) is 0 Å². The monoisotopic (exact) mass is 478 g/mol. The fourth-order valence-electron chi connectivity index (χ4n) is 4.07. The Kier molecular flexibility index (Phi) is 8.51. The lowest BCUT2D eigenvalue weighted by Crippen LogP contribution is -2.31. The zero-order chi connectivity index (χ0) is 24.7. The molecule has 0 bridgehead atoms. The molecule has 0 saturated carbocycles. The highest BCUT2D eigenvalue weighted by Crippen LogP contribution is 2.30. The van der Waals surface area contributed by atoms with Crippen LogP contribution in [0.1, 0.15) is 59.3 Å². The van der Waals surface area contributed by atoms with Crippen molar-refractivity contribution < 1.29 is 13.2 Å². The van der Waals surface area contributed by atoms with Gasteiger partial charge in [-0.2, -0.15) is 0 Å². The second kappa shape index (κ2) is 11.3. The number of hydrogen-bond acceptors (Lipinski definition) is 3. The Labute approximate surface area is 203 Å². The predicted octanol–water partition coefficient (Wildman–Crippen LogP) is 5.31. The Morgan fingerprint density at radius 3 is 2.00 bits per heavy atom. The van der Waals surface area contributed by atoms with Gasteiger partial charge in [0.25, 0.3) is 5.91 Å². The minimum atomic E-state index is -3.50. The van der Waals surface area contributed by atoms with Crippen molar-refractivity contribution in [2.24, 2.45) is 0 Å². The number of sulfonamides is 1. The Morgan fingerprint density at radius 1 is 0.882 bits per heavy atom. The molecule has 0 spiro atoms. The highest BCUT2D eigenvalue weighted by molar-refractivity contribution is 7.92. The van der Waals surface area contributed by atoms with E-state index in [4.69, 9.17) is 0 Å². The molecule has 0 aliphatic heterocycles. The molecule has 1 unspecified atom stereocenters. The van der Waals surface area contributed by atoms with Crippen LogP contribution in [0.5, 0.6) is 0 Å². The van der Waals surface area contributed by atoms with Crippen LogP contribution < -0.4 is 9.62 Å². The van der Waals surface area contributed by atoms with Gasteiger partial charge in [-0.05, 0) is 53.1 Å². The van der Waals surface area contributed by atoms with Gasteiger partial charge in [0.05, 0.1) is 18.5 Å². The first kappa shape index (κ1) is 25.5. The summed E-state index contributed by atoms with van der Waals surface area (Å²) in [5.41, 5.74) is 5.34. The lowest BCUT2D eigenvalue weighted by atomic mass is 10.0. The summed E-state index contributed by atoms with van der Waals surface area (Å²) in [5, 5.41) is 2.99. The molecule has 0 fully saturated rings. The number of para-hydroxylation sites is 1. The Morgan fingerprint density at radius 2 is 1.47 bits per heavy atom. The van der Waals surface area contributed by atoms with E-state index >= 15 is 0 Å². The third-order valence-corrected chi connectivity index (χ3v) is 7.21. The van der Waals surface area contributed by atoms with Gasteiger partial charge in [0.15, 0.2) is 0 Å². The van der Waals surface area contributed by atoms with Crippen molar-refractivity contribution in [2.75, 3.05) is 17.1 Å². The van der Waals surface area contributed by atoms with E-state index in [1.54, 1.807) is 12.1 Å². The normalized spacial score (nSPS) is 12.2. The topological polar surface area (TPSA) is 66.5 Å². The van der Waals surface area contributed by atoms with Gasteiger partial charge in [-0.25, -0.2) is 8.42 Å². The molecule has 1 N–H and O–H groups in total. The van der Waals surface area contributed by atoms with Crippen molar-refractivity contribution in [1.29, 1.82) is 0 Å². The maximum atomic E-state index is 12.8. The minimum absolute atomic E-state index is 0.140. The number of carbonyl (C=O) groups is 1. The maximum Gasteiger partial charge on any atom is 0.251 e. The predicted molar refractivity (Wildman–Crippen MR) is 140 cm³/mol. The molecule has 0 heterocycles. The van der Waals surface area contributed by atoms with E-state index in [0.717, 1.165) is 35.2 Å². The number of hydrogen-bond donors (Lipinski definition) is 1. The van der Waals surface area contributed by atoms with E-state index in [0.29, 0.717) is 12.1 Å². The van der Waals surface area contributed by atoms with Crippen LogP contribution in [0, 0.1) is 0 Å². The average molecular weight is 479 g/mol. The van der Waals surface area contributed by atoms with Crippen LogP contribution in [0.15, 0.2) is 72.8 Å². The van der Waals surface area contributed by atoms with E-state index < -0.39 is 10.0 Å². The first-order valence-electron chi connectivity index (χ1n) is 11.7. The number of nitrogens with zero attached hydrogens (tertiary/aromatic N) is 1. The molecular weight excluding hydrogens is 444 g/mol. The summed E-state index contributed by atoms with van der Waals surface area (Å²) in [6, 6.07) is 23.2. The highest BCUT2D eigenvalue weighted by atomic mass is 32.2. The molecule has 0 aromatic heterocycles. The molecule has 3 aromatic carbocycles. The molecule has 0 aliphatic carbocycles. The summed E-state index contributed by atoms with van der Waals surface area (Å²) in [6.45, 7) is 6.91. The maximum absolute atomic E-state index is 12.8. The van der Waals surface area contributed by atoms with E-state index in [-0.39, 0.29) is 18.4 Å². The van der Waals surface area contributed by atoms with E-state index in [9.17, 15) is 13.2 Å². The molecule has 5 nitrogen and oxygen atoms in total. The third-order valence-electron chi connectivity index (χ3n) is 6.09. The van der Waals surface area contributed by atoms with Crippen LogP contribution in [0.3, 0.4) is 0 Å². The Balaban J connectivity index is 1.75. The summed E-state index contributed by atoms with van der Waals surface area (Å²) in [5.74, 6) is 0.0676. The first-order valence-corrected chi connectivity index (χ1v) is 13.6. The van der Waals surface area contributed by atoms with Crippen molar-refractivity contribution in [1.82, 2.24) is 5.32 Å². The van der Waals surface area contributed by atoms with Gasteiger partial charge < -0.3 is 5.32 Å². The lowest BCUT2D eigenvalue weighted by molar-refractivity contribution is 0.0951. The standard InChI is InChI=1S/C28H34N2O3S/c1-5-23-13-10-14-24(6-2)27(23)30(34(4,32)33)20-22-15-17-26(18-16-22)28(31)29-19-21(3)25-11-8-7-9-12-25/h7-18,21H,5-6,19-20H2,1-4H3,(H,29,31). The summed E-state index contributed by atoms with van der Waals surface area (Å²) in [7, 11) is -3.50. The van der Waals surface area contributed by atoms with Gasteiger partial charge in [-0.1, -0.05) is 81.4 Å². The number of nitrogens with one attached hydrogen (secondary N) is 1. The van der Waals surface area contributed by atoms with Crippen molar-refractivity contribution >= 4 is 21.6 Å². The van der Waals surface area contributed by atoms with Crippen LogP contribution in [0.25, 0.3) is 0 Å². The molecule has 0 aliphatic rings. The second-order valence-electron chi connectivity index (χ2n) is 8.62. The largest absolute Gasteiger partial charge is 0.351 e. The summed E-state index contributed by atoms with van der Waals surface area (Å²) in [6.07, 6.45) is 2.74. The quantitative estimate of drug-likeness (QED) is 0.429. The minimum Gasteiger partial charge on any atom is -0.351 e. The molecule has 1 atom stereocenters. The Hall–Kier alpha value is -3.12. The SMILES string of the molecule is CCc1cccc(CC)c1N(Cc1ccc(C(=O)NCC(C)c2ccccc2)cc1)S(C)(=O)=O. The van der Waals surface area contributed by atoms with Crippen LogP contribution in [0.2, 0.25) is 0 Å². The molecule has 0 saturated heterocycles. The number of rotatable bonds is 10. The summed E-state index contributed by atoms with van der Waals surface area (Å²) < 4.78 is 27.0. The van der Waals surface area contributed by atoms with E-state index in [1.807, 2.05) is 62.4 Å². The molecule has 3 rings (SSSR count). The molecular formula is C28H34N2O3S. The van der Waals surface area contributed by atoms with Crippen LogP contribution in [-0.2, 0) is 29.4 Å². The zero-order valence-electron chi connectivity index (χ0n) is 20.4. The van der Waals surface area contributed by atoms with Gasteiger partial charge in [0.1, 0.15) is 0 Å². The molecule has 34 heavy (non-hydrogen) atoms. The molecule has 1 amide bonds. The second-order valence-corrected chi connectivity index (χ2v) is 10.5. The number of aryl methyl sites for hydroxylation is 2. The molecule has 0 radical (unpaired) electrons. The van der Waals surface area contributed by atoms with Crippen LogP contribution >= 0.6 is 0 Å². The van der Waals surface area contributed by atoms with Crippen molar-refractivity contribution in [3.8, 4) is 0 Å². The zero-order valence-corrected chi connectivity index (χ0v) is 21.2. The molecule has 6 heteroatoms. The fraction of sp³-hybridized carbons (Fsp3) is 0.321. The smallest absolute Gasteiger partial charge is 0.251 e. The Bertz CT molecular complexity index is 1180. The van der Waals surface area contributed by atoms with Gasteiger partial charge >= 0.3 is 0 Å². The first-order chi connectivity index (χ1) is 16.2. The van der Waals surface area contributed by atoms with Gasteiger partial charge in [0, 0.05) is 12.1 Å². The average Bonchev–Trinajstić information content (AvgIpc) is 2.85. The molecule has 180 valence electrons. The van der Waals surface area contributed by atoms with Gasteiger partial charge in [0.2, 0.25) is 10.0 Å². The lowest BCUT2D eigenvalue weighted by Gasteiger charge is -2.27. The van der Waals surface area contributed by atoms with Gasteiger partial charge in [-0.15, -0.1) is 0 Å². The van der Waals surface area contributed by atoms with Crippen molar-refractivity contribution in [3.05, 3.63) is 101 Å². The van der Waals surface area contributed by atoms with Gasteiger partial charge in [-0.3, -0.25) is 9.10 Å². The molecule has 3 aromatic rings.